The number of benzene rings is 2. The zero-order chi connectivity index (χ0) is 24.6. The van der Waals surface area contributed by atoms with Crippen molar-refractivity contribution in [2.24, 2.45) is 0 Å². The van der Waals surface area contributed by atoms with Gasteiger partial charge in [-0.2, -0.15) is 0 Å². The fourth-order valence-electron chi connectivity index (χ4n) is 3.47. The summed E-state index contributed by atoms with van der Waals surface area (Å²) in [4.78, 5) is 28.6. The minimum absolute atomic E-state index is 0.0703. The predicted octanol–water partition coefficient (Wildman–Crippen LogP) is 4.61. The third-order valence-corrected chi connectivity index (χ3v) is 6.19. The summed E-state index contributed by atoms with van der Waals surface area (Å²) >= 11 is 1.50. The number of aromatic nitrogens is 3. The maximum Gasteiger partial charge on any atom is 0.248 e. The first-order chi connectivity index (χ1) is 17.0. The van der Waals surface area contributed by atoms with Crippen LogP contribution in [0.15, 0.2) is 73.1 Å². The van der Waals surface area contributed by atoms with Crippen molar-refractivity contribution in [1.82, 2.24) is 19.9 Å². The molecule has 9 heteroatoms. The molecular weight excluding hydrogens is 460 g/mol. The summed E-state index contributed by atoms with van der Waals surface area (Å²) in [6, 6.07) is 17.7. The van der Waals surface area contributed by atoms with Gasteiger partial charge < -0.3 is 20.3 Å². The Morgan fingerprint density at radius 3 is 2.60 bits per heavy atom. The van der Waals surface area contributed by atoms with Crippen LogP contribution in [0.1, 0.15) is 11.6 Å². The Kier molecular flexibility index (Phi) is 8.15. The average molecular weight is 489 g/mol. The molecule has 4 aromatic rings. The summed E-state index contributed by atoms with van der Waals surface area (Å²) in [5.41, 5.74) is 3.48. The minimum atomic E-state index is -0.158. The molecule has 2 heterocycles. The standard InChI is InChI=1S/C26H28N6O2S/c1-32(2)15-7-10-22(33)29-20-13-11-19(12-14-20)25-31-23-24(27-17-28-26(23)35-25)30-21(16-34-3)18-8-5-4-6-9-18/h4-14,17,21H,15-16H2,1-3H3,(H,29,33)(H,27,28,30)/b10-7+/t21-/m1/s1. The fraction of sp³-hybridized carbons (Fsp3) is 0.231. The molecule has 0 aliphatic rings. The SMILES string of the molecule is COC[C@@H](Nc1ncnc2sc(-c3ccc(NC(=O)/C=C/CN(C)C)cc3)nc12)c1ccccc1. The lowest BCUT2D eigenvalue weighted by Crippen LogP contribution is -2.17. The molecule has 0 saturated carbocycles. The van der Waals surface area contributed by atoms with E-state index in [1.165, 1.54) is 11.3 Å². The molecule has 0 radical (unpaired) electrons. The zero-order valence-corrected chi connectivity index (χ0v) is 20.7. The molecule has 4 rings (SSSR count). The van der Waals surface area contributed by atoms with Crippen molar-refractivity contribution >= 4 is 39.1 Å². The Labute approximate surface area is 208 Å². The number of thiazole rings is 1. The van der Waals surface area contributed by atoms with Crippen LogP contribution in [-0.4, -0.2) is 60.1 Å². The monoisotopic (exact) mass is 488 g/mol. The number of carbonyl (C=O) groups is 1. The summed E-state index contributed by atoms with van der Waals surface area (Å²) in [6.07, 6.45) is 4.91. The third-order valence-electron chi connectivity index (χ3n) is 5.18. The Bertz CT molecular complexity index is 1290. The number of methoxy groups -OCH3 is 1. The summed E-state index contributed by atoms with van der Waals surface area (Å²) in [6.45, 7) is 1.20. The highest BCUT2D eigenvalue weighted by Crippen LogP contribution is 2.33. The minimum Gasteiger partial charge on any atom is -0.382 e. The zero-order valence-electron chi connectivity index (χ0n) is 19.9. The van der Waals surface area contributed by atoms with Gasteiger partial charge in [-0.25, -0.2) is 15.0 Å². The smallest absolute Gasteiger partial charge is 0.248 e. The molecule has 0 aliphatic heterocycles. The second-order valence-electron chi connectivity index (χ2n) is 8.19. The highest BCUT2D eigenvalue weighted by molar-refractivity contribution is 7.21. The molecule has 0 unspecified atom stereocenters. The van der Waals surface area contributed by atoms with Crippen molar-refractivity contribution in [3.05, 3.63) is 78.6 Å². The van der Waals surface area contributed by atoms with Gasteiger partial charge in [0.15, 0.2) is 5.82 Å². The Morgan fingerprint density at radius 1 is 1.11 bits per heavy atom. The van der Waals surface area contributed by atoms with Crippen LogP contribution in [0.5, 0.6) is 0 Å². The van der Waals surface area contributed by atoms with Gasteiger partial charge in [0.05, 0.1) is 12.6 Å². The number of anilines is 2. The van der Waals surface area contributed by atoms with Crippen molar-refractivity contribution in [2.75, 3.05) is 45.0 Å². The molecular formula is C26H28N6O2S. The second kappa shape index (κ2) is 11.7. The number of ether oxygens (including phenoxy) is 1. The van der Waals surface area contributed by atoms with E-state index in [4.69, 9.17) is 9.72 Å². The van der Waals surface area contributed by atoms with Gasteiger partial charge in [0.2, 0.25) is 5.91 Å². The number of fused-ring (bicyclic) bond motifs is 1. The van der Waals surface area contributed by atoms with Gasteiger partial charge in [-0.3, -0.25) is 4.79 Å². The van der Waals surface area contributed by atoms with E-state index >= 15 is 0 Å². The number of carbonyl (C=O) groups excluding carboxylic acids is 1. The first-order valence-electron chi connectivity index (χ1n) is 11.2. The van der Waals surface area contributed by atoms with Crippen LogP contribution >= 0.6 is 11.3 Å². The van der Waals surface area contributed by atoms with E-state index in [-0.39, 0.29) is 11.9 Å². The third kappa shape index (κ3) is 6.48. The molecule has 2 N–H and O–H groups in total. The van der Waals surface area contributed by atoms with Gasteiger partial charge in [0.1, 0.15) is 21.7 Å². The van der Waals surface area contributed by atoms with Crippen molar-refractivity contribution < 1.29 is 9.53 Å². The van der Waals surface area contributed by atoms with Gasteiger partial charge in [-0.1, -0.05) is 47.7 Å². The van der Waals surface area contributed by atoms with Crippen molar-refractivity contribution in [2.45, 2.75) is 6.04 Å². The summed E-state index contributed by atoms with van der Waals surface area (Å²) in [5, 5.41) is 7.17. The molecule has 8 nitrogen and oxygen atoms in total. The maximum absolute atomic E-state index is 12.1. The van der Waals surface area contributed by atoms with Crippen LogP contribution < -0.4 is 10.6 Å². The summed E-state index contributed by atoms with van der Waals surface area (Å²) in [5.74, 6) is 0.506. The van der Waals surface area contributed by atoms with E-state index in [9.17, 15) is 4.79 Å². The van der Waals surface area contributed by atoms with Crippen molar-refractivity contribution in [3.63, 3.8) is 0 Å². The van der Waals surface area contributed by atoms with E-state index < -0.39 is 0 Å². The summed E-state index contributed by atoms with van der Waals surface area (Å²) in [7, 11) is 5.59. The lowest BCUT2D eigenvalue weighted by Gasteiger charge is -2.19. The fourth-order valence-corrected chi connectivity index (χ4v) is 4.38. The molecule has 0 aliphatic carbocycles. The lowest BCUT2D eigenvalue weighted by molar-refractivity contribution is -0.111. The van der Waals surface area contributed by atoms with Gasteiger partial charge >= 0.3 is 0 Å². The average Bonchev–Trinajstić information content (AvgIpc) is 3.30. The molecule has 0 fully saturated rings. The van der Waals surface area contributed by atoms with Gasteiger partial charge in [0, 0.05) is 31.0 Å². The van der Waals surface area contributed by atoms with E-state index in [0.717, 1.165) is 26.7 Å². The van der Waals surface area contributed by atoms with Gasteiger partial charge in [0.25, 0.3) is 0 Å². The molecule has 0 saturated heterocycles. The van der Waals surface area contributed by atoms with E-state index in [0.29, 0.717) is 24.5 Å². The highest BCUT2D eigenvalue weighted by atomic mass is 32.1. The number of hydrogen-bond acceptors (Lipinski definition) is 8. The first kappa shape index (κ1) is 24.5. The van der Waals surface area contributed by atoms with Crippen LogP contribution in [0, 0.1) is 0 Å². The van der Waals surface area contributed by atoms with E-state index in [1.807, 2.05) is 67.5 Å². The lowest BCUT2D eigenvalue weighted by atomic mass is 10.1. The summed E-state index contributed by atoms with van der Waals surface area (Å²) < 4.78 is 5.43. The van der Waals surface area contributed by atoms with E-state index in [1.54, 1.807) is 19.5 Å². The normalized spacial score (nSPS) is 12.3. The van der Waals surface area contributed by atoms with Crippen molar-refractivity contribution in [1.29, 1.82) is 0 Å². The highest BCUT2D eigenvalue weighted by Gasteiger charge is 2.17. The van der Waals surface area contributed by atoms with Gasteiger partial charge in [-0.05, 0) is 43.9 Å². The molecule has 2 aromatic heterocycles. The number of nitrogens with one attached hydrogen (secondary N) is 2. The van der Waals surface area contributed by atoms with E-state index in [2.05, 4.69) is 32.7 Å². The van der Waals surface area contributed by atoms with Gasteiger partial charge in [-0.15, -0.1) is 0 Å². The number of rotatable bonds is 10. The van der Waals surface area contributed by atoms with Crippen LogP contribution in [0.4, 0.5) is 11.5 Å². The Morgan fingerprint density at radius 2 is 1.89 bits per heavy atom. The number of hydrogen-bond donors (Lipinski definition) is 2. The molecule has 2 aromatic carbocycles. The topological polar surface area (TPSA) is 92.3 Å². The largest absolute Gasteiger partial charge is 0.382 e. The first-order valence-corrected chi connectivity index (χ1v) is 12.0. The number of amides is 1. The number of likely N-dealkylation sites (N-methyl/N-ethyl adjacent to an activating group) is 1. The Balaban J connectivity index is 1.52. The van der Waals surface area contributed by atoms with Crippen LogP contribution in [0.3, 0.4) is 0 Å². The molecule has 35 heavy (non-hydrogen) atoms. The molecule has 1 atom stereocenters. The van der Waals surface area contributed by atoms with Crippen LogP contribution in [0.25, 0.3) is 20.9 Å². The quantitative estimate of drug-likeness (QED) is 0.315. The predicted molar refractivity (Wildman–Crippen MR) is 142 cm³/mol. The molecule has 180 valence electrons. The van der Waals surface area contributed by atoms with Crippen molar-refractivity contribution in [3.8, 4) is 10.6 Å². The Hall–Kier alpha value is -3.66. The molecule has 1 amide bonds. The molecule has 0 spiro atoms. The maximum atomic E-state index is 12.1. The van der Waals surface area contributed by atoms with Crippen LogP contribution in [-0.2, 0) is 9.53 Å². The second-order valence-corrected chi connectivity index (χ2v) is 9.17. The number of nitrogens with zero attached hydrogens (tertiary/aromatic N) is 4. The molecule has 0 bridgehead atoms. The van der Waals surface area contributed by atoms with Crippen LogP contribution in [0.2, 0.25) is 0 Å².